The topological polar surface area (TPSA) is 29.1 Å². The number of nitrogens with one attached hydrogen (secondary N) is 1. The average molecular weight is 280 g/mol. The number of allylic oxidation sites excluding steroid dienone is 3. The van der Waals surface area contributed by atoms with E-state index in [0.29, 0.717) is 0 Å². The molecule has 16 heavy (non-hydrogen) atoms. The van der Waals surface area contributed by atoms with E-state index in [1.807, 2.05) is 44.2 Å². The normalized spacial score (nSPS) is 11.2. The molecule has 1 aromatic rings. The summed E-state index contributed by atoms with van der Waals surface area (Å²) in [5.74, 6) is -0.136. The molecule has 0 bridgehead atoms. The highest BCUT2D eigenvalue weighted by Crippen LogP contribution is 2.23. The van der Waals surface area contributed by atoms with Crippen LogP contribution in [0.3, 0.4) is 0 Å². The number of amides is 1. The summed E-state index contributed by atoms with van der Waals surface area (Å²) in [6.07, 6.45) is 6.87. The van der Waals surface area contributed by atoms with Gasteiger partial charge in [-0.05, 0) is 47.5 Å². The van der Waals surface area contributed by atoms with Crippen molar-refractivity contribution in [3.8, 4) is 0 Å². The summed E-state index contributed by atoms with van der Waals surface area (Å²) in [7, 11) is 0. The number of halogens is 1. The summed E-state index contributed by atoms with van der Waals surface area (Å²) in [6.45, 7) is 3.90. The second kappa shape index (κ2) is 6.28. The van der Waals surface area contributed by atoms with Crippen molar-refractivity contribution in [1.82, 2.24) is 0 Å². The molecule has 0 unspecified atom stereocenters. The molecule has 0 aliphatic carbocycles. The zero-order valence-corrected chi connectivity index (χ0v) is 10.9. The number of hydrogen-bond acceptors (Lipinski definition) is 1. The van der Waals surface area contributed by atoms with Crippen LogP contribution in [-0.2, 0) is 4.79 Å². The number of carbonyl (C=O) groups is 1. The third kappa shape index (κ3) is 4.03. The van der Waals surface area contributed by atoms with Crippen molar-refractivity contribution in [1.29, 1.82) is 0 Å². The van der Waals surface area contributed by atoms with Crippen LogP contribution in [0.15, 0.2) is 47.0 Å². The smallest absolute Gasteiger partial charge is 0.248 e. The number of aryl methyl sites for hydroxylation is 1. The molecule has 0 aliphatic heterocycles. The van der Waals surface area contributed by atoms with E-state index in [2.05, 4.69) is 21.2 Å². The van der Waals surface area contributed by atoms with Gasteiger partial charge in [-0.15, -0.1) is 0 Å². The lowest BCUT2D eigenvalue weighted by Gasteiger charge is -2.05. The minimum Gasteiger partial charge on any atom is -0.321 e. The maximum absolute atomic E-state index is 11.5. The molecule has 0 spiro atoms. The Labute approximate surface area is 104 Å². The zero-order chi connectivity index (χ0) is 12.0. The van der Waals surface area contributed by atoms with Gasteiger partial charge >= 0.3 is 0 Å². The molecule has 0 aliphatic rings. The Hall–Kier alpha value is -1.35. The maximum Gasteiger partial charge on any atom is 0.248 e. The Kier molecular flexibility index (Phi) is 4.99. The van der Waals surface area contributed by atoms with Gasteiger partial charge in [0.25, 0.3) is 0 Å². The largest absolute Gasteiger partial charge is 0.321 e. The van der Waals surface area contributed by atoms with Crippen LogP contribution in [0.5, 0.6) is 0 Å². The van der Waals surface area contributed by atoms with Crippen LogP contribution in [0.2, 0.25) is 0 Å². The van der Waals surface area contributed by atoms with Gasteiger partial charge in [0.05, 0.1) is 5.69 Å². The van der Waals surface area contributed by atoms with Gasteiger partial charge in [0.1, 0.15) is 0 Å². The van der Waals surface area contributed by atoms with Gasteiger partial charge in [0, 0.05) is 10.5 Å². The second-order valence-electron chi connectivity index (χ2n) is 3.36. The third-order valence-corrected chi connectivity index (χ3v) is 2.59. The number of rotatable bonds is 3. The fourth-order valence-electron chi connectivity index (χ4n) is 1.15. The van der Waals surface area contributed by atoms with Crippen LogP contribution in [0.4, 0.5) is 5.69 Å². The summed E-state index contributed by atoms with van der Waals surface area (Å²) in [5.41, 5.74) is 1.93. The molecule has 1 N–H and O–H groups in total. The molecule has 1 amide bonds. The van der Waals surface area contributed by atoms with Crippen LogP contribution in [0.25, 0.3) is 0 Å². The molecule has 0 atom stereocenters. The van der Waals surface area contributed by atoms with E-state index in [0.717, 1.165) is 15.7 Å². The summed E-state index contributed by atoms with van der Waals surface area (Å²) in [5, 5.41) is 2.79. The first-order chi connectivity index (χ1) is 7.63. The van der Waals surface area contributed by atoms with Crippen LogP contribution >= 0.6 is 15.9 Å². The molecule has 0 saturated carbocycles. The van der Waals surface area contributed by atoms with E-state index in [9.17, 15) is 4.79 Å². The van der Waals surface area contributed by atoms with Crippen molar-refractivity contribution in [2.45, 2.75) is 13.8 Å². The maximum atomic E-state index is 11.5. The fourth-order valence-corrected chi connectivity index (χ4v) is 1.74. The van der Waals surface area contributed by atoms with E-state index in [1.165, 1.54) is 6.08 Å². The number of hydrogen-bond donors (Lipinski definition) is 1. The van der Waals surface area contributed by atoms with Crippen molar-refractivity contribution in [2.24, 2.45) is 0 Å². The van der Waals surface area contributed by atoms with Crippen LogP contribution in [0.1, 0.15) is 12.5 Å². The highest BCUT2D eigenvalue weighted by atomic mass is 79.9. The van der Waals surface area contributed by atoms with E-state index < -0.39 is 0 Å². The second-order valence-corrected chi connectivity index (χ2v) is 4.21. The molecular formula is C13H14BrNO. The van der Waals surface area contributed by atoms with Gasteiger partial charge in [-0.1, -0.05) is 24.3 Å². The van der Waals surface area contributed by atoms with Crippen LogP contribution < -0.4 is 5.32 Å². The molecule has 84 valence electrons. The Morgan fingerprint density at radius 1 is 1.38 bits per heavy atom. The van der Waals surface area contributed by atoms with Crippen molar-refractivity contribution in [3.63, 3.8) is 0 Å². The lowest BCUT2D eigenvalue weighted by atomic mass is 10.2. The Bertz CT molecular complexity index is 436. The van der Waals surface area contributed by atoms with Gasteiger partial charge < -0.3 is 5.32 Å². The van der Waals surface area contributed by atoms with Crippen LogP contribution in [0, 0.1) is 6.92 Å². The zero-order valence-electron chi connectivity index (χ0n) is 9.33. The molecule has 0 fully saturated rings. The highest BCUT2D eigenvalue weighted by Gasteiger charge is 2.01. The molecule has 3 heteroatoms. The van der Waals surface area contributed by atoms with Gasteiger partial charge in [-0.2, -0.15) is 0 Å². The molecule has 0 aromatic heterocycles. The van der Waals surface area contributed by atoms with Crippen molar-refractivity contribution < 1.29 is 4.79 Å². The first-order valence-corrected chi connectivity index (χ1v) is 5.79. The van der Waals surface area contributed by atoms with Crippen molar-refractivity contribution in [3.05, 3.63) is 52.5 Å². The average Bonchev–Trinajstić information content (AvgIpc) is 2.23. The minimum absolute atomic E-state index is 0.136. The molecule has 0 saturated heterocycles. The monoisotopic (exact) mass is 279 g/mol. The fraction of sp³-hybridized carbons (Fsp3) is 0.154. The number of anilines is 1. The predicted octanol–water partition coefficient (Wildman–Crippen LogP) is 3.83. The van der Waals surface area contributed by atoms with E-state index in [-0.39, 0.29) is 5.91 Å². The molecule has 2 nitrogen and oxygen atoms in total. The Morgan fingerprint density at radius 2 is 2.12 bits per heavy atom. The quantitative estimate of drug-likeness (QED) is 0.661. The molecule has 1 aromatic carbocycles. The lowest BCUT2D eigenvalue weighted by molar-refractivity contribution is -0.111. The van der Waals surface area contributed by atoms with Gasteiger partial charge in [0.15, 0.2) is 0 Å². The highest BCUT2D eigenvalue weighted by molar-refractivity contribution is 9.10. The first kappa shape index (κ1) is 12.7. The summed E-state index contributed by atoms with van der Waals surface area (Å²) < 4.78 is 0.889. The first-order valence-electron chi connectivity index (χ1n) is 5.00. The SMILES string of the molecule is C/C=C/C=C/C(=O)Nc1ccc(C)cc1Br. The van der Waals surface area contributed by atoms with Crippen molar-refractivity contribution in [2.75, 3.05) is 5.32 Å². The molecular weight excluding hydrogens is 266 g/mol. The third-order valence-electron chi connectivity index (χ3n) is 1.93. The van der Waals surface area contributed by atoms with Gasteiger partial charge in [-0.25, -0.2) is 0 Å². The van der Waals surface area contributed by atoms with E-state index >= 15 is 0 Å². The van der Waals surface area contributed by atoms with Crippen LogP contribution in [-0.4, -0.2) is 5.91 Å². The standard InChI is InChI=1S/C13H14BrNO/c1-3-4-5-6-13(16)15-12-8-7-10(2)9-11(12)14/h3-9H,1-2H3,(H,15,16)/b4-3+,6-5+. The minimum atomic E-state index is -0.136. The molecule has 0 heterocycles. The van der Waals surface area contributed by atoms with Crippen molar-refractivity contribution >= 4 is 27.5 Å². The summed E-state index contributed by atoms with van der Waals surface area (Å²) in [4.78, 5) is 11.5. The van der Waals surface area contributed by atoms with Gasteiger partial charge in [-0.3, -0.25) is 4.79 Å². The molecule has 1 rings (SSSR count). The Balaban J connectivity index is 2.70. The van der Waals surface area contributed by atoms with E-state index in [1.54, 1.807) is 6.08 Å². The number of benzene rings is 1. The lowest BCUT2D eigenvalue weighted by Crippen LogP contribution is -2.08. The number of carbonyl (C=O) groups excluding carboxylic acids is 1. The molecule has 0 radical (unpaired) electrons. The summed E-state index contributed by atoms with van der Waals surface area (Å²) >= 11 is 3.40. The predicted molar refractivity (Wildman–Crippen MR) is 71.5 cm³/mol. The summed E-state index contributed by atoms with van der Waals surface area (Å²) in [6, 6.07) is 5.79. The van der Waals surface area contributed by atoms with E-state index in [4.69, 9.17) is 0 Å². The Morgan fingerprint density at radius 3 is 2.75 bits per heavy atom. The van der Waals surface area contributed by atoms with Gasteiger partial charge in [0.2, 0.25) is 5.91 Å².